The summed E-state index contributed by atoms with van der Waals surface area (Å²) < 4.78 is 20.6. The summed E-state index contributed by atoms with van der Waals surface area (Å²) in [4.78, 5) is 35.6. The average Bonchev–Trinajstić information content (AvgIpc) is 2.69. The molecule has 0 atom stereocenters. The second-order valence-corrected chi connectivity index (χ2v) is 6.79. The predicted octanol–water partition coefficient (Wildman–Crippen LogP) is 3.27. The van der Waals surface area contributed by atoms with Gasteiger partial charge >= 0.3 is 17.9 Å². The minimum atomic E-state index is -1.27. The number of benzene rings is 2. The summed E-state index contributed by atoms with van der Waals surface area (Å²) in [5, 5.41) is 0. The predicted molar refractivity (Wildman–Crippen MR) is 103 cm³/mol. The van der Waals surface area contributed by atoms with Crippen molar-refractivity contribution in [2.24, 2.45) is 0 Å². The molecule has 0 aliphatic carbocycles. The van der Waals surface area contributed by atoms with Crippen LogP contribution in [0.4, 0.5) is 0 Å². The third-order valence-electron chi connectivity index (χ3n) is 4.06. The zero-order chi connectivity index (χ0) is 21.0. The second-order valence-electron chi connectivity index (χ2n) is 6.79. The van der Waals surface area contributed by atoms with E-state index in [0.29, 0.717) is 16.9 Å². The Morgan fingerprint density at radius 1 is 1.03 bits per heavy atom. The molecule has 1 aliphatic heterocycles. The van der Waals surface area contributed by atoms with Gasteiger partial charge in [0.15, 0.2) is 0 Å². The molecule has 0 bridgehead atoms. The molecule has 7 nitrogen and oxygen atoms in total. The largest absolute Gasteiger partial charge is 0.489 e. The van der Waals surface area contributed by atoms with Crippen molar-refractivity contribution in [2.45, 2.75) is 26.2 Å². The van der Waals surface area contributed by atoms with E-state index >= 15 is 0 Å². The van der Waals surface area contributed by atoms with Crippen molar-refractivity contribution in [1.29, 1.82) is 0 Å². The Morgan fingerprint density at radius 2 is 1.69 bits per heavy atom. The van der Waals surface area contributed by atoms with Gasteiger partial charge in [0.1, 0.15) is 17.9 Å². The van der Waals surface area contributed by atoms with E-state index in [9.17, 15) is 14.4 Å². The minimum absolute atomic E-state index is 0.169. The van der Waals surface area contributed by atoms with Crippen LogP contribution in [-0.2, 0) is 30.4 Å². The van der Waals surface area contributed by atoms with Crippen LogP contribution < -0.4 is 4.74 Å². The van der Waals surface area contributed by atoms with Crippen LogP contribution in [0, 0.1) is 0 Å². The van der Waals surface area contributed by atoms with Gasteiger partial charge in [0, 0.05) is 13.8 Å². The molecule has 1 saturated heterocycles. The Morgan fingerprint density at radius 3 is 2.31 bits per heavy atom. The van der Waals surface area contributed by atoms with Gasteiger partial charge in [0.2, 0.25) is 0 Å². The topological polar surface area (TPSA) is 88.1 Å². The van der Waals surface area contributed by atoms with Crippen LogP contribution in [0.1, 0.15) is 35.3 Å². The van der Waals surface area contributed by atoms with Gasteiger partial charge in [0.05, 0.1) is 12.7 Å². The van der Waals surface area contributed by atoms with Crippen molar-refractivity contribution in [2.75, 3.05) is 7.11 Å². The Balaban J connectivity index is 1.66. The van der Waals surface area contributed by atoms with Crippen LogP contribution in [-0.4, -0.2) is 30.8 Å². The highest BCUT2D eigenvalue weighted by atomic mass is 16.7. The van der Waals surface area contributed by atoms with Gasteiger partial charge in [0.25, 0.3) is 5.79 Å². The molecule has 0 amide bonds. The number of rotatable bonds is 5. The Hall–Kier alpha value is -3.61. The molecular formula is C22H20O7. The molecular weight excluding hydrogens is 376 g/mol. The molecule has 0 saturated carbocycles. The van der Waals surface area contributed by atoms with Gasteiger partial charge < -0.3 is 18.9 Å². The molecule has 0 N–H and O–H groups in total. The van der Waals surface area contributed by atoms with Gasteiger partial charge in [-0.2, -0.15) is 0 Å². The van der Waals surface area contributed by atoms with E-state index in [1.807, 2.05) is 6.07 Å². The van der Waals surface area contributed by atoms with E-state index in [1.54, 1.807) is 42.5 Å². The van der Waals surface area contributed by atoms with E-state index in [1.165, 1.54) is 27.0 Å². The molecule has 0 unspecified atom stereocenters. The second kappa shape index (κ2) is 8.18. The average molecular weight is 396 g/mol. The van der Waals surface area contributed by atoms with Crippen LogP contribution in [0.15, 0.2) is 54.1 Å². The number of methoxy groups -OCH3 is 1. The normalized spacial score (nSPS) is 15.2. The van der Waals surface area contributed by atoms with E-state index in [0.717, 1.165) is 5.56 Å². The van der Waals surface area contributed by atoms with E-state index in [-0.39, 0.29) is 12.2 Å². The molecule has 0 radical (unpaired) electrons. The SMILES string of the molecule is COC(=O)c1cccc(COc2ccc(C=C3C(=O)OC(C)(C)OC3=O)cc2)c1. The number of carbonyl (C=O) groups excluding carboxylic acids is 3. The highest BCUT2D eigenvalue weighted by molar-refractivity contribution is 6.18. The lowest BCUT2D eigenvalue weighted by Crippen LogP contribution is -2.41. The highest BCUT2D eigenvalue weighted by Crippen LogP contribution is 2.25. The first kappa shape index (κ1) is 20.1. The molecule has 1 fully saturated rings. The van der Waals surface area contributed by atoms with Gasteiger partial charge in [-0.15, -0.1) is 0 Å². The smallest absolute Gasteiger partial charge is 0.348 e. The fraction of sp³-hybridized carbons (Fsp3) is 0.227. The first-order chi connectivity index (χ1) is 13.8. The number of esters is 3. The van der Waals surface area contributed by atoms with E-state index in [4.69, 9.17) is 18.9 Å². The fourth-order valence-corrected chi connectivity index (χ4v) is 2.68. The monoisotopic (exact) mass is 396 g/mol. The third-order valence-corrected chi connectivity index (χ3v) is 4.06. The molecule has 0 spiro atoms. The molecule has 2 aromatic carbocycles. The molecule has 2 aromatic rings. The molecule has 150 valence electrons. The summed E-state index contributed by atoms with van der Waals surface area (Å²) in [7, 11) is 1.33. The number of carbonyl (C=O) groups is 3. The number of ether oxygens (including phenoxy) is 4. The summed E-state index contributed by atoms with van der Waals surface area (Å²) >= 11 is 0. The van der Waals surface area contributed by atoms with Crippen molar-refractivity contribution in [3.05, 3.63) is 70.8 Å². The van der Waals surface area contributed by atoms with Gasteiger partial charge in [-0.1, -0.05) is 24.3 Å². The first-order valence-corrected chi connectivity index (χ1v) is 8.86. The van der Waals surface area contributed by atoms with Crippen LogP contribution in [0.5, 0.6) is 5.75 Å². The van der Waals surface area contributed by atoms with Crippen molar-refractivity contribution in [1.82, 2.24) is 0 Å². The number of hydrogen-bond donors (Lipinski definition) is 0. The van der Waals surface area contributed by atoms with Crippen molar-refractivity contribution in [3.8, 4) is 5.75 Å². The standard InChI is InChI=1S/C22H20O7/c1-22(2)28-20(24)18(21(25)29-22)12-14-7-9-17(10-8-14)27-13-15-5-4-6-16(11-15)19(23)26-3/h4-12H,13H2,1-3H3. The quantitative estimate of drug-likeness (QED) is 0.435. The summed E-state index contributed by atoms with van der Waals surface area (Å²) in [6, 6.07) is 13.8. The zero-order valence-electron chi connectivity index (χ0n) is 16.3. The Bertz CT molecular complexity index is 949. The summed E-state index contributed by atoms with van der Waals surface area (Å²) in [5.74, 6) is -2.54. The van der Waals surface area contributed by atoms with Crippen molar-refractivity contribution >= 4 is 24.0 Å². The summed E-state index contributed by atoms with van der Waals surface area (Å²) in [6.45, 7) is 3.25. The number of cyclic esters (lactones) is 2. The number of hydrogen-bond acceptors (Lipinski definition) is 7. The molecule has 0 aromatic heterocycles. The lowest BCUT2D eigenvalue weighted by molar-refractivity contribution is -0.222. The highest BCUT2D eigenvalue weighted by Gasteiger charge is 2.38. The maximum atomic E-state index is 12.0. The Kier molecular flexibility index (Phi) is 5.68. The van der Waals surface area contributed by atoms with Gasteiger partial charge in [-0.05, 0) is 41.5 Å². The maximum Gasteiger partial charge on any atom is 0.348 e. The van der Waals surface area contributed by atoms with Crippen LogP contribution >= 0.6 is 0 Å². The lowest BCUT2D eigenvalue weighted by atomic mass is 10.1. The summed E-state index contributed by atoms with van der Waals surface area (Å²) in [5.41, 5.74) is 1.71. The molecule has 29 heavy (non-hydrogen) atoms. The molecule has 3 rings (SSSR count). The van der Waals surface area contributed by atoms with Crippen LogP contribution in [0.2, 0.25) is 0 Å². The van der Waals surface area contributed by atoms with E-state index in [2.05, 4.69) is 0 Å². The Labute approximate surface area is 167 Å². The van der Waals surface area contributed by atoms with E-state index < -0.39 is 23.7 Å². The van der Waals surface area contributed by atoms with Crippen LogP contribution in [0.3, 0.4) is 0 Å². The summed E-state index contributed by atoms with van der Waals surface area (Å²) in [6.07, 6.45) is 1.41. The first-order valence-electron chi connectivity index (χ1n) is 8.86. The van der Waals surface area contributed by atoms with Crippen LogP contribution in [0.25, 0.3) is 6.08 Å². The molecule has 7 heteroatoms. The van der Waals surface area contributed by atoms with Crippen molar-refractivity contribution < 1.29 is 33.3 Å². The molecule has 1 aliphatic rings. The maximum absolute atomic E-state index is 12.0. The van der Waals surface area contributed by atoms with Crippen molar-refractivity contribution in [3.63, 3.8) is 0 Å². The third kappa shape index (κ3) is 5.01. The zero-order valence-corrected chi connectivity index (χ0v) is 16.3. The lowest BCUT2D eigenvalue weighted by Gasteiger charge is -2.29. The van der Waals surface area contributed by atoms with Gasteiger partial charge in [-0.3, -0.25) is 0 Å². The fourth-order valence-electron chi connectivity index (χ4n) is 2.68. The minimum Gasteiger partial charge on any atom is -0.489 e. The van der Waals surface area contributed by atoms with Gasteiger partial charge in [-0.25, -0.2) is 14.4 Å². The molecule has 1 heterocycles.